The van der Waals surface area contributed by atoms with Gasteiger partial charge >= 0.3 is 0 Å². The Morgan fingerprint density at radius 1 is 1.11 bits per heavy atom. The van der Waals surface area contributed by atoms with Crippen molar-refractivity contribution in [3.63, 3.8) is 0 Å². The van der Waals surface area contributed by atoms with E-state index in [1.165, 1.54) is 31.7 Å². The summed E-state index contributed by atoms with van der Waals surface area (Å²) in [7, 11) is 4.32. The molecule has 0 unspecified atom stereocenters. The van der Waals surface area contributed by atoms with Gasteiger partial charge in [-0.25, -0.2) is 0 Å². The number of piperazine rings is 1. The lowest BCUT2D eigenvalue weighted by molar-refractivity contribution is 0.145. The quantitative estimate of drug-likeness (QED) is 0.630. The highest BCUT2D eigenvalue weighted by atomic mass is 16.5. The van der Waals surface area contributed by atoms with Crippen molar-refractivity contribution in [1.29, 1.82) is 0 Å². The Kier molecular flexibility index (Phi) is 7.33. The second kappa shape index (κ2) is 9.93. The summed E-state index contributed by atoms with van der Waals surface area (Å²) in [6.07, 6.45) is 2.80. The number of para-hydroxylation sites is 1. The Hall–Kier alpha value is -1.82. The van der Waals surface area contributed by atoms with Crippen molar-refractivity contribution < 1.29 is 9.15 Å². The highest BCUT2D eigenvalue weighted by molar-refractivity contribution is 5.33. The molecule has 1 aliphatic rings. The van der Waals surface area contributed by atoms with Crippen molar-refractivity contribution >= 4 is 0 Å². The SMILES string of the molecule is C[C@@H](c1ccco1)N(C)Cc1ccccc1OCCCN1CCN(C)CC1. The fraction of sp³-hybridized carbons (Fsp3) is 0.545. The lowest BCUT2D eigenvalue weighted by Gasteiger charge is -2.32. The molecule has 148 valence electrons. The second-order valence-corrected chi connectivity index (χ2v) is 7.56. The molecule has 1 aromatic carbocycles. The fourth-order valence-electron chi connectivity index (χ4n) is 3.47. The minimum atomic E-state index is 0.227. The fourth-order valence-corrected chi connectivity index (χ4v) is 3.47. The van der Waals surface area contributed by atoms with E-state index in [4.69, 9.17) is 9.15 Å². The maximum absolute atomic E-state index is 6.13. The van der Waals surface area contributed by atoms with E-state index in [1.54, 1.807) is 6.26 Å². The molecule has 5 nitrogen and oxygen atoms in total. The molecule has 1 aromatic heterocycles. The summed E-state index contributed by atoms with van der Waals surface area (Å²) < 4.78 is 11.7. The molecule has 0 aliphatic carbocycles. The Labute approximate surface area is 163 Å². The molecule has 1 fully saturated rings. The predicted octanol–water partition coefficient (Wildman–Crippen LogP) is 3.49. The number of ether oxygens (including phenoxy) is 1. The predicted molar refractivity (Wildman–Crippen MR) is 109 cm³/mol. The van der Waals surface area contributed by atoms with Crippen LogP contribution in [0.4, 0.5) is 0 Å². The summed E-state index contributed by atoms with van der Waals surface area (Å²) in [5.74, 6) is 1.98. The first-order valence-electron chi connectivity index (χ1n) is 9.98. The molecular weight excluding hydrogens is 338 g/mol. The topological polar surface area (TPSA) is 32.1 Å². The third kappa shape index (κ3) is 5.83. The van der Waals surface area contributed by atoms with E-state index < -0.39 is 0 Å². The molecule has 1 atom stereocenters. The van der Waals surface area contributed by atoms with Crippen molar-refractivity contribution in [2.45, 2.75) is 25.9 Å². The van der Waals surface area contributed by atoms with E-state index in [1.807, 2.05) is 12.1 Å². The lowest BCUT2D eigenvalue weighted by Crippen LogP contribution is -2.44. The van der Waals surface area contributed by atoms with Gasteiger partial charge in [-0.3, -0.25) is 4.90 Å². The van der Waals surface area contributed by atoms with Crippen LogP contribution in [0.2, 0.25) is 0 Å². The highest BCUT2D eigenvalue weighted by Gasteiger charge is 2.16. The number of nitrogens with zero attached hydrogens (tertiary/aromatic N) is 3. The summed E-state index contributed by atoms with van der Waals surface area (Å²) in [6.45, 7) is 9.56. The van der Waals surface area contributed by atoms with E-state index in [9.17, 15) is 0 Å². The van der Waals surface area contributed by atoms with Gasteiger partial charge < -0.3 is 19.0 Å². The molecule has 1 aliphatic heterocycles. The molecule has 2 heterocycles. The van der Waals surface area contributed by atoms with E-state index in [0.29, 0.717) is 0 Å². The first-order chi connectivity index (χ1) is 13.1. The average molecular weight is 372 g/mol. The molecule has 3 rings (SSSR count). The van der Waals surface area contributed by atoms with Gasteiger partial charge in [0, 0.05) is 44.8 Å². The Bertz CT molecular complexity index is 666. The molecule has 1 saturated heterocycles. The summed E-state index contributed by atoms with van der Waals surface area (Å²) in [5.41, 5.74) is 1.22. The van der Waals surface area contributed by atoms with Gasteiger partial charge in [0.25, 0.3) is 0 Å². The van der Waals surface area contributed by atoms with E-state index >= 15 is 0 Å². The smallest absolute Gasteiger partial charge is 0.123 e. The van der Waals surface area contributed by atoms with Crippen LogP contribution in [0.25, 0.3) is 0 Å². The average Bonchev–Trinajstić information content (AvgIpc) is 3.22. The third-order valence-corrected chi connectivity index (χ3v) is 5.48. The van der Waals surface area contributed by atoms with Crippen LogP contribution in [0, 0.1) is 0 Å². The van der Waals surface area contributed by atoms with Crippen LogP contribution in [0.15, 0.2) is 47.1 Å². The van der Waals surface area contributed by atoms with Crippen molar-refractivity contribution in [3.05, 3.63) is 54.0 Å². The minimum Gasteiger partial charge on any atom is -0.493 e. The summed E-state index contributed by atoms with van der Waals surface area (Å²) in [4.78, 5) is 7.21. The Morgan fingerprint density at radius 2 is 1.89 bits per heavy atom. The number of benzene rings is 1. The van der Waals surface area contributed by atoms with Gasteiger partial charge in [0.15, 0.2) is 0 Å². The second-order valence-electron chi connectivity index (χ2n) is 7.56. The number of hydrogen-bond donors (Lipinski definition) is 0. The number of furan rings is 1. The Morgan fingerprint density at radius 3 is 2.63 bits per heavy atom. The van der Waals surface area contributed by atoms with Crippen LogP contribution in [0.3, 0.4) is 0 Å². The first-order valence-corrected chi connectivity index (χ1v) is 9.98. The number of rotatable bonds is 9. The van der Waals surface area contributed by atoms with Gasteiger partial charge in [0.1, 0.15) is 11.5 Å². The molecule has 0 saturated carbocycles. The first kappa shape index (κ1) is 19.9. The van der Waals surface area contributed by atoms with Gasteiger partial charge in [-0.2, -0.15) is 0 Å². The summed E-state index contributed by atoms with van der Waals surface area (Å²) in [5, 5.41) is 0. The lowest BCUT2D eigenvalue weighted by atomic mass is 10.1. The standard InChI is InChI=1S/C22H33N3O2/c1-19(21-10-6-16-26-21)24(3)18-20-8-4-5-9-22(20)27-17-7-11-25-14-12-23(2)13-15-25/h4-6,8-10,16,19H,7,11-15,17-18H2,1-3H3/t19-/m0/s1. The molecule has 0 radical (unpaired) electrons. The maximum atomic E-state index is 6.13. The molecular formula is C22H33N3O2. The van der Waals surface area contributed by atoms with Crippen molar-refractivity contribution in [3.8, 4) is 5.75 Å². The number of likely N-dealkylation sites (N-methyl/N-ethyl adjacent to an activating group) is 1. The van der Waals surface area contributed by atoms with Crippen LogP contribution < -0.4 is 4.74 Å². The summed E-state index contributed by atoms with van der Waals surface area (Å²) >= 11 is 0. The van der Waals surface area contributed by atoms with E-state index in [-0.39, 0.29) is 6.04 Å². The van der Waals surface area contributed by atoms with Gasteiger partial charge in [-0.1, -0.05) is 18.2 Å². The molecule has 27 heavy (non-hydrogen) atoms. The van der Waals surface area contributed by atoms with Gasteiger partial charge in [0.05, 0.1) is 18.9 Å². The molecule has 0 spiro atoms. The van der Waals surface area contributed by atoms with Crippen LogP contribution in [0.1, 0.15) is 30.7 Å². The van der Waals surface area contributed by atoms with Gasteiger partial charge in [0.2, 0.25) is 0 Å². The summed E-state index contributed by atoms with van der Waals surface area (Å²) in [6, 6.07) is 12.6. The third-order valence-electron chi connectivity index (χ3n) is 5.48. The molecule has 2 aromatic rings. The van der Waals surface area contributed by atoms with Crippen LogP contribution in [0.5, 0.6) is 5.75 Å². The largest absolute Gasteiger partial charge is 0.493 e. The van der Waals surface area contributed by atoms with Crippen LogP contribution >= 0.6 is 0 Å². The van der Waals surface area contributed by atoms with Crippen molar-refractivity contribution in [2.75, 3.05) is 53.4 Å². The zero-order chi connectivity index (χ0) is 19.1. The molecule has 5 heteroatoms. The highest BCUT2D eigenvalue weighted by Crippen LogP contribution is 2.25. The maximum Gasteiger partial charge on any atom is 0.123 e. The van der Waals surface area contributed by atoms with Crippen LogP contribution in [-0.2, 0) is 6.54 Å². The normalized spacial score (nSPS) is 17.3. The van der Waals surface area contributed by atoms with Crippen molar-refractivity contribution in [2.24, 2.45) is 0 Å². The van der Waals surface area contributed by atoms with Crippen molar-refractivity contribution in [1.82, 2.24) is 14.7 Å². The molecule has 0 amide bonds. The molecule has 0 bridgehead atoms. The zero-order valence-corrected chi connectivity index (χ0v) is 16.9. The van der Waals surface area contributed by atoms with Crippen LogP contribution in [-0.4, -0.2) is 68.1 Å². The zero-order valence-electron chi connectivity index (χ0n) is 16.9. The van der Waals surface area contributed by atoms with Gasteiger partial charge in [-0.15, -0.1) is 0 Å². The van der Waals surface area contributed by atoms with E-state index in [2.05, 4.69) is 60.0 Å². The monoisotopic (exact) mass is 371 g/mol. The van der Waals surface area contributed by atoms with Gasteiger partial charge in [-0.05, 0) is 45.6 Å². The minimum absolute atomic E-state index is 0.227. The van der Waals surface area contributed by atoms with E-state index in [0.717, 1.165) is 37.6 Å². The Balaban J connectivity index is 1.47. The molecule has 0 N–H and O–H groups in total. The number of hydrogen-bond acceptors (Lipinski definition) is 5.